The van der Waals surface area contributed by atoms with Gasteiger partial charge >= 0.3 is 0 Å². The van der Waals surface area contributed by atoms with E-state index in [4.69, 9.17) is 18.9 Å². The van der Waals surface area contributed by atoms with Gasteiger partial charge in [-0.3, -0.25) is 4.79 Å². The van der Waals surface area contributed by atoms with Crippen LogP contribution in [-0.4, -0.2) is 41.8 Å². The molecule has 2 aromatic rings. The number of ether oxygens (including phenoxy) is 4. The summed E-state index contributed by atoms with van der Waals surface area (Å²) in [5, 5.41) is 19.7. The van der Waals surface area contributed by atoms with Gasteiger partial charge in [0.1, 0.15) is 11.5 Å². The molecule has 2 saturated heterocycles. The van der Waals surface area contributed by atoms with Gasteiger partial charge in [-0.2, -0.15) is 0 Å². The van der Waals surface area contributed by atoms with E-state index in [1.54, 1.807) is 30.3 Å². The van der Waals surface area contributed by atoms with Crippen molar-refractivity contribution in [3.63, 3.8) is 0 Å². The molecule has 170 valence electrons. The molecule has 4 rings (SSSR count). The Bertz CT molecular complexity index is 957. The summed E-state index contributed by atoms with van der Waals surface area (Å²) in [6, 6.07) is 9.68. The minimum atomic E-state index is -0.400. The van der Waals surface area contributed by atoms with Crippen molar-refractivity contribution in [1.82, 2.24) is 0 Å². The molecule has 2 fully saturated rings. The minimum absolute atomic E-state index is 0.249. The van der Waals surface area contributed by atoms with Crippen molar-refractivity contribution in [2.45, 2.75) is 51.1 Å². The number of phenolic OH excluding ortho intramolecular Hbond substituents is 2. The summed E-state index contributed by atoms with van der Waals surface area (Å²) in [6.45, 7) is 1.29. The minimum Gasteiger partial charge on any atom is -0.504 e. The Kier molecular flexibility index (Phi) is 7.29. The fourth-order valence-corrected chi connectivity index (χ4v) is 3.72. The van der Waals surface area contributed by atoms with E-state index < -0.39 is 6.29 Å². The molecular weight excluding hydrogens is 412 g/mol. The number of allylic oxidation sites excluding steroid dienone is 1. The number of phenols is 2. The van der Waals surface area contributed by atoms with Crippen LogP contribution < -0.4 is 9.47 Å². The van der Waals surface area contributed by atoms with Crippen molar-refractivity contribution < 1.29 is 34.0 Å². The van der Waals surface area contributed by atoms with Crippen LogP contribution in [0.2, 0.25) is 0 Å². The van der Waals surface area contributed by atoms with Crippen molar-refractivity contribution in [3.05, 3.63) is 53.6 Å². The highest BCUT2D eigenvalue weighted by molar-refractivity contribution is 6.09. The second kappa shape index (κ2) is 10.5. The first kappa shape index (κ1) is 22.2. The monoisotopic (exact) mass is 440 g/mol. The van der Waals surface area contributed by atoms with Gasteiger partial charge in [-0.25, -0.2) is 0 Å². The predicted molar refractivity (Wildman–Crippen MR) is 118 cm³/mol. The molecule has 7 nitrogen and oxygen atoms in total. The molecule has 0 saturated carbocycles. The summed E-state index contributed by atoms with van der Waals surface area (Å²) in [6.07, 6.45) is 7.67. The second-order valence-corrected chi connectivity index (χ2v) is 7.90. The van der Waals surface area contributed by atoms with Crippen LogP contribution in [0.15, 0.2) is 42.5 Å². The summed E-state index contributed by atoms with van der Waals surface area (Å²) >= 11 is 0. The second-order valence-electron chi connectivity index (χ2n) is 7.90. The van der Waals surface area contributed by atoms with E-state index in [-0.39, 0.29) is 23.6 Å². The maximum absolute atomic E-state index is 13.1. The molecule has 7 heteroatoms. The molecule has 2 aliphatic heterocycles. The molecule has 0 bridgehead atoms. The number of para-hydroxylation sites is 1. The zero-order valence-corrected chi connectivity index (χ0v) is 17.9. The Morgan fingerprint density at radius 3 is 2.34 bits per heavy atom. The average Bonchev–Trinajstić information content (AvgIpc) is 2.82. The van der Waals surface area contributed by atoms with Crippen molar-refractivity contribution in [2.75, 3.05) is 13.2 Å². The SMILES string of the molecule is O=C(/C=C/c1cccc(O)c1O)c1cc(OC2CCCCO2)ccc1OC1CCCCO1. The molecule has 0 aliphatic carbocycles. The first-order valence-electron chi connectivity index (χ1n) is 11.0. The maximum Gasteiger partial charge on any atom is 0.199 e. The summed E-state index contributed by atoms with van der Waals surface area (Å²) < 4.78 is 23.2. The van der Waals surface area contributed by atoms with Gasteiger partial charge in [-0.05, 0) is 62.1 Å². The maximum atomic E-state index is 13.1. The molecule has 2 unspecified atom stereocenters. The van der Waals surface area contributed by atoms with E-state index in [0.717, 1.165) is 38.5 Å². The van der Waals surface area contributed by atoms with E-state index in [1.165, 1.54) is 18.2 Å². The highest BCUT2D eigenvalue weighted by atomic mass is 16.7. The summed E-state index contributed by atoms with van der Waals surface area (Å²) in [4.78, 5) is 13.1. The van der Waals surface area contributed by atoms with Crippen molar-refractivity contribution in [2.24, 2.45) is 0 Å². The smallest absolute Gasteiger partial charge is 0.199 e. The highest BCUT2D eigenvalue weighted by Gasteiger charge is 2.21. The Hall–Kier alpha value is -3.03. The van der Waals surface area contributed by atoms with Crippen LogP contribution in [0.4, 0.5) is 0 Å². The number of benzene rings is 2. The molecule has 2 atom stereocenters. The topological polar surface area (TPSA) is 94.5 Å². The molecule has 2 aromatic carbocycles. The predicted octanol–water partition coefficient (Wildman–Crippen LogP) is 4.80. The molecule has 0 aromatic heterocycles. The van der Waals surface area contributed by atoms with E-state index in [9.17, 15) is 15.0 Å². The fourth-order valence-electron chi connectivity index (χ4n) is 3.72. The Balaban J connectivity index is 1.57. The molecule has 0 spiro atoms. The average molecular weight is 440 g/mol. The van der Waals surface area contributed by atoms with Crippen molar-refractivity contribution in [3.8, 4) is 23.0 Å². The number of hydrogen-bond donors (Lipinski definition) is 2. The van der Waals surface area contributed by atoms with Gasteiger partial charge in [0.2, 0.25) is 0 Å². The lowest BCUT2D eigenvalue weighted by molar-refractivity contribution is -0.107. The van der Waals surface area contributed by atoms with Gasteiger partial charge in [0.05, 0.1) is 18.8 Å². The lowest BCUT2D eigenvalue weighted by atomic mass is 10.1. The van der Waals surface area contributed by atoms with E-state index in [2.05, 4.69) is 0 Å². The Morgan fingerprint density at radius 2 is 1.66 bits per heavy atom. The first-order chi connectivity index (χ1) is 15.6. The molecule has 2 N–H and O–H groups in total. The highest BCUT2D eigenvalue weighted by Crippen LogP contribution is 2.31. The van der Waals surface area contributed by atoms with Gasteiger partial charge in [0, 0.05) is 18.4 Å². The number of carbonyl (C=O) groups excluding carboxylic acids is 1. The number of ketones is 1. The van der Waals surface area contributed by atoms with Crippen LogP contribution in [0.3, 0.4) is 0 Å². The van der Waals surface area contributed by atoms with Crippen LogP contribution in [0.5, 0.6) is 23.0 Å². The van der Waals surface area contributed by atoms with Gasteiger partial charge < -0.3 is 29.2 Å². The molecule has 0 radical (unpaired) electrons. The zero-order valence-electron chi connectivity index (χ0n) is 17.9. The standard InChI is InChI=1S/C25H28O7/c26-20(12-10-17-6-5-7-21(27)25(17)28)19-16-18(31-23-8-1-3-14-29-23)11-13-22(19)32-24-9-2-4-15-30-24/h5-7,10-13,16,23-24,27-28H,1-4,8-9,14-15H2/b12-10+. The van der Waals surface area contributed by atoms with Gasteiger partial charge in [0.25, 0.3) is 0 Å². The van der Waals surface area contributed by atoms with Crippen LogP contribution in [0, 0.1) is 0 Å². The normalized spacial score (nSPS) is 21.4. The number of aromatic hydroxyl groups is 2. The quantitative estimate of drug-likeness (QED) is 0.363. The lowest BCUT2D eigenvalue weighted by Crippen LogP contribution is -2.26. The van der Waals surface area contributed by atoms with Crippen LogP contribution >= 0.6 is 0 Å². The molecule has 32 heavy (non-hydrogen) atoms. The number of hydrogen-bond acceptors (Lipinski definition) is 7. The third-order valence-corrected chi connectivity index (χ3v) is 5.48. The summed E-state index contributed by atoms with van der Waals surface area (Å²) in [5.41, 5.74) is 0.655. The van der Waals surface area contributed by atoms with Gasteiger partial charge in [0.15, 0.2) is 29.9 Å². The third kappa shape index (κ3) is 5.60. The largest absolute Gasteiger partial charge is 0.504 e. The van der Waals surface area contributed by atoms with Gasteiger partial charge in [-0.15, -0.1) is 0 Å². The van der Waals surface area contributed by atoms with Crippen molar-refractivity contribution >= 4 is 11.9 Å². The molecule has 2 aliphatic rings. The molecule has 2 heterocycles. The lowest BCUT2D eigenvalue weighted by Gasteiger charge is -2.25. The third-order valence-electron chi connectivity index (χ3n) is 5.48. The van der Waals surface area contributed by atoms with Crippen LogP contribution in [0.25, 0.3) is 6.08 Å². The summed E-state index contributed by atoms with van der Waals surface area (Å²) in [7, 11) is 0. The van der Waals surface area contributed by atoms with E-state index >= 15 is 0 Å². The molecular formula is C25H28O7. The fraction of sp³-hybridized carbons (Fsp3) is 0.400. The van der Waals surface area contributed by atoms with Crippen LogP contribution in [0.1, 0.15) is 54.4 Å². The Labute approximate surface area is 187 Å². The Morgan fingerprint density at radius 1 is 0.938 bits per heavy atom. The van der Waals surface area contributed by atoms with Crippen LogP contribution in [-0.2, 0) is 9.47 Å². The van der Waals surface area contributed by atoms with E-state index in [1.807, 2.05) is 0 Å². The molecule has 0 amide bonds. The zero-order chi connectivity index (χ0) is 22.3. The number of carbonyl (C=O) groups is 1. The first-order valence-corrected chi connectivity index (χ1v) is 11.0. The summed E-state index contributed by atoms with van der Waals surface area (Å²) in [5.74, 6) is 0.0685. The number of rotatable bonds is 7. The van der Waals surface area contributed by atoms with E-state index in [0.29, 0.717) is 35.8 Å². The van der Waals surface area contributed by atoms with Gasteiger partial charge in [-0.1, -0.05) is 12.1 Å². The van der Waals surface area contributed by atoms with Crippen molar-refractivity contribution in [1.29, 1.82) is 0 Å².